The first-order valence-corrected chi connectivity index (χ1v) is 10.3. The molecule has 34 heavy (non-hydrogen) atoms. The molecular weight excluding hydrogens is 436 g/mol. The van der Waals surface area contributed by atoms with Crippen molar-refractivity contribution in [3.8, 4) is 11.4 Å². The molecule has 0 fully saturated rings. The van der Waals surface area contributed by atoms with E-state index < -0.39 is 16.9 Å². The molecule has 0 aliphatic carbocycles. The van der Waals surface area contributed by atoms with Gasteiger partial charge in [0.2, 0.25) is 5.95 Å². The van der Waals surface area contributed by atoms with Gasteiger partial charge in [0.1, 0.15) is 11.9 Å². The summed E-state index contributed by atoms with van der Waals surface area (Å²) in [5, 5.41) is 22.0. The topological polar surface area (TPSA) is 141 Å². The van der Waals surface area contributed by atoms with E-state index in [1.165, 1.54) is 12.1 Å². The van der Waals surface area contributed by atoms with Crippen LogP contribution in [0, 0.1) is 10.1 Å². The number of hydrogen-bond donors (Lipinski definition) is 2. The second kappa shape index (κ2) is 8.54. The van der Waals surface area contributed by atoms with Gasteiger partial charge in [0.05, 0.1) is 10.5 Å². The Balaban J connectivity index is 1.63. The van der Waals surface area contributed by atoms with Crippen molar-refractivity contribution >= 4 is 23.4 Å². The Morgan fingerprint density at radius 1 is 1.15 bits per heavy atom. The normalized spacial score (nSPS) is 14.8. The maximum atomic E-state index is 13.4. The number of benzene rings is 1. The van der Waals surface area contributed by atoms with Crippen molar-refractivity contribution in [3.63, 3.8) is 0 Å². The number of amides is 1. The average Bonchev–Trinajstić information content (AvgIpc) is 3.28. The van der Waals surface area contributed by atoms with Crippen molar-refractivity contribution in [1.82, 2.24) is 24.7 Å². The summed E-state index contributed by atoms with van der Waals surface area (Å²) in [6.07, 6.45) is 4.86. The fourth-order valence-electron chi connectivity index (χ4n) is 3.80. The average molecular weight is 454 g/mol. The zero-order chi connectivity index (χ0) is 23.7. The predicted molar refractivity (Wildman–Crippen MR) is 124 cm³/mol. The molecule has 1 aromatic carbocycles. The maximum Gasteiger partial charge on any atom is 0.269 e. The Hall–Kier alpha value is -4.93. The number of nitro benzene ring substituents is 1. The first kappa shape index (κ1) is 20.9. The van der Waals surface area contributed by atoms with Crippen LogP contribution < -0.4 is 10.6 Å². The number of nitrogens with one attached hydrogen (secondary N) is 2. The number of nitrogens with zero attached hydrogens (tertiary/aromatic N) is 6. The van der Waals surface area contributed by atoms with Crippen LogP contribution >= 0.6 is 0 Å². The SMILES string of the molecule is CC1=C(C(=O)Nc2ccccn2)C(c2cccc([N+](=O)[O-])c2)n2nc(-c3cccnc3)nc2N1. The van der Waals surface area contributed by atoms with E-state index in [1.54, 1.807) is 66.6 Å². The molecule has 11 heteroatoms. The minimum absolute atomic E-state index is 0.0904. The molecule has 1 unspecified atom stereocenters. The molecule has 11 nitrogen and oxygen atoms in total. The van der Waals surface area contributed by atoms with E-state index in [-0.39, 0.29) is 5.69 Å². The molecule has 4 heterocycles. The molecule has 0 saturated carbocycles. The summed E-state index contributed by atoms with van der Waals surface area (Å²) in [7, 11) is 0. The van der Waals surface area contributed by atoms with E-state index >= 15 is 0 Å². The van der Waals surface area contributed by atoms with Gasteiger partial charge in [0.15, 0.2) is 5.82 Å². The second-order valence-corrected chi connectivity index (χ2v) is 7.53. The Kier molecular flexibility index (Phi) is 5.26. The number of aromatic nitrogens is 5. The summed E-state index contributed by atoms with van der Waals surface area (Å²) in [6, 6.07) is 14.2. The van der Waals surface area contributed by atoms with Crippen LogP contribution in [-0.2, 0) is 4.79 Å². The predicted octanol–water partition coefficient (Wildman–Crippen LogP) is 3.57. The van der Waals surface area contributed by atoms with Crippen LogP contribution in [0.1, 0.15) is 18.5 Å². The fourth-order valence-corrected chi connectivity index (χ4v) is 3.80. The van der Waals surface area contributed by atoms with Gasteiger partial charge in [0.25, 0.3) is 11.6 Å². The van der Waals surface area contributed by atoms with Crippen LogP contribution in [0.5, 0.6) is 0 Å². The highest BCUT2D eigenvalue weighted by molar-refractivity contribution is 6.05. The largest absolute Gasteiger partial charge is 0.328 e. The Labute approximate surface area is 193 Å². The van der Waals surface area contributed by atoms with E-state index in [0.717, 1.165) is 0 Å². The van der Waals surface area contributed by atoms with Gasteiger partial charge in [-0.25, -0.2) is 9.67 Å². The lowest BCUT2D eigenvalue weighted by molar-refractivity contribution is -0.384. The monoisotopic (exact) mass is 454 g/mol. The van der Waals surface area contributed by atoms with E-state index in [9.17, 15) is 14.9 Å². The van der Waals surface area contributed by atoms with E-state index in [2.05, 4.69) is 30.7 Å². The number of allylic oxidation sites excluding steroid dienone is 1. The van der Waals surface area contributed by atoms with Gasteiger partial charge < -0.3 is 10.6 Å². The standard InChI is InChI=1S/C23H18N8O3/c1-14-19(22(32)27-18-9-2-3-11-25-18)20(15-6-4-8-17(12-15)31(33)34)30-23(26-14)28-21(29-30)16-7-5-10-24-13-16/h2-13,20H,1H3,(H,25,27,32)(H,26,28,29). The maximum absolute atomic E-state index is 13.4. The molecule has 0 saturated heterocycles. The third-order valence-corrected chi connectivity index (χ3v) is 5.32. The number of rotatable bonds is 5. The number of carbonyl (C=O) groups excluding carboxylic acids is 1. The molecule has 1 aliphatic rings. The highest BCUT2D eigenvalue weighted by atomic mass is 16.6. The number of nitro groups is 1. The molecule has 0 bridgehead atoms. The van der Waals surface area contributed by atoms with Gasteiger partial charge >= 0.3 is 0 Å². The summed E-state index contributed by atoms with van der Waals surface area (Å²) in [4.78, 5) is 37.2. The van der Waals surface area contributed by atoms with Gasteiger partial charge in [-0.3, -0.25) is 19.9 Å². The summed E-state index contributed by atoms with van der Waals surface area (Å²) in [5.41, 5.74) is 2.00. The molecular formula is C23H18N8O3. The summed E-state index contributed by atoms with van der Waals surface area (Å²) < 4.78 is 1.56. The zero-order valence-electron chi connectivity index (χ0n) is 17.9. The second-order valence-electron chi connectivity index (χ2n) is 7.53. The van der Waals surface area contributed by atoms with Gasteiger partial charge in [-0.1, -0.05) is 18.2 Å². The molecule has 1 atom stereocenters. The van der Waals surface area contributed by atoms with Crippen molar-refractivity contribution in [3.05, 3.63) is 100 Å². The van der Waals surface area contributed by atoms with Gasteiger partial charge in [-0.15, -0.1) is 5.10 Å². The van der Waals surface area contributed by atoms with Gasteiger partial charge in [-0.05, 0) is 36.8 Å². The summed E-state index contributed by atoms with van der Waals surface area (Å²) in [5.74, 6) is 0.780. The van der Waals surface area contributed by atoms with Crippen molar-refractivity contribution in [2.75, 3.05) is 10.6 Å². The molecule has 1 amide bonds. The molecule has 5 rings (SSSR count). The fraction of sp³-hybridized carbons (Fsp3) is 0.0870. The van der Waals surface area contributed by atoms with Crippen LogP contribution in [0.2, 0.25) is 0 Å². The van der Waals surface area contributed by atoms with Gasteiger partial charge in [-0.2, -0.15) is 4.98 Å². The number of fused-ring (bicyclic) bond motifs is 1. The van der Waals surface area contributed by atoms with Crippen molar-refractivity contribution < 1.29 is 9.72 Å². The summed E-state index contributed by atoms with van der Waals surface area (Å²) >= 11 is 0. The molecule has 0 radical (unpaired) electrons. The van der Waals surface area contributed by atoms with Crippen LogP contribution in [-0.4, -0.2) is 35.6 Å². The quantitative estimate of drug-likeness (QED) is 0.344. The van der Waals surface area contributed by atoms with Crippen molar-refractivity contribution in [1.29, 1.82) is 0 Å². The van der Waals surface area contributed by atoms with Gasteiger partial charge in [0, 0.05) is 42.0 Å². The van der Waals surface area contributed by atoms with Crippen molar-refractivity contribution in [2.45, 2.75) is 13.0 Å². The molecule has 168 valence electrons. The number of anilines is 2. The van der Waals surface area contributed by atoms with E-state index in [0.29, 0.717) is 40.0 Å². The van der Waals surface area contributed by atoms with Crippen LogP contribution in [0.4, 0.5) is 17.5 Å². The number of non-ortho nitro benzene ring substituents is 1. The Morgan fingerprint density at radius 2 is 2.03 bits per heavy atom. The first-order valence-electron chi connectivity index (χ1n) is 10.3. The van der Waals surface area contributed by atoms with Crippen molar-refractivity contribution in [2.24, 2.45) is 0 Å². The third-order valence-electron chi connectivity index (χ3n) is 5.32. The highest BCUT2D eigenvalue weighted by Crippen LogP contribution is 2.37. The van der Waals surface area contributed by atoms with Crippen LogP contribution in [0.3, 0.4) is 0 Å². The molecule has 2 N–H and O–H groups in total. The van der Waals surface area contributed by atoms with E-state index in [1.807, 2.05) is 6.07 Å². The molecule has 4 aromatic rings. The number of carbonyl (C=O) groups is 1. The highest BCUT2D eigenvalue weighted by Gasteiger charge is 2.35. The van der Waals surface area contributed by atoms with Crippen LogP contribution in [0.15, 0.2) is 84.5 Å². The molecule has 0 spiro atoms. The molecule has 1 aliphatic heterocycles. The summed E-state index contributed by atoms with van der Waals surface area (Å²) in [6.45, 7) is 1.75. The minimum Gasteiger partial charge on any atom is -0.328 e. The zero-order valence-corrected chi connectivity index (χ0v) is 17.9. The molecule has 3 aromatic heterocycles. The smallest absolute Gasteiger partial charge is 0.269 e. The van der Waals surface area contributed by atoms with E-state index in [4.69, 9.17) is 0 Å². The lowest BCUT2D eigenvalue weighted by Crippen LogP contribution is -2.31. The minimum atomic E-state index is -0.766. The number of pyridine rings is 2. The number of hydrogen-bond acceptors (Lipinski definition) is 8. The van der Waals surface area contributed by atoms with Crippen LogP contribution in [0.25, 0.3) is 11.4 Å². The third kappa shape index (κ3) is 3.86. The lowest BCUT2D eigenvalue weighted by Gasteiger charge is -2.28. The Morgan fingerprint density at radius 3 is 2.76 bits per heavy atom. The Bertz CT molecular complexity index is 1420. The first-order chi connectivity index (χ1) is 16.5. The lowest BCUT2D eigenvalue weighted by atomic mass is 9.94.